The van der Waals surface area contributed by atoms with Crippen LogP contribution < -0.4 is 5.32 Å². The maximum absolute atomic E-state index is 13.2. The second-order valence-corrected chi connectivity index (χ2v) is 5.19. The lowest BCUT2D eigenvalue weighted by atomic mass is 9.90. The van der Waals surface area contributed by atoms with E-state index >= 15 is 0 Å². The lowest BCUT2D eigenvalue weighted by Gasteiger charge is -2.23. The van der Waals surface area contributed by atoms with Crippen LogP contribution in [-0.2, 0) is 6.42 Å². The van der Waals surface area contributed by atoms with E-state index in [1.54, 1.807) is 12.1 Å². The third kappa shape index (κ3) is 2.23. The van der Waals surface area contributed by atoms with E-state index in [-0.39, 0.29) is 11.2 Å². The topological polar surface area (TPSA) is 12.0 Å². The fraction of sp³-hybridized carbons (Fsp3) is 0.538. The molecule has 1 atom stereocenters. The second-order valence-electron chi connectivity index (χ2n) is 4.79. The Morgan fingerprint density at radius 3 is 2.75 bits per heavy atom. The monoisotopic (exact) mass is 241 g/mol. The van der Waals surface area contributed by atoms with Crippen LogP contribution in [0.1, 0.15) is 25.3 Å². The van der Waals surface area contributed by atoms with Gasteiger partial charge in [0.15, 0.2) is 0 Å². The zero-order chi connectivity index (χ0) is 11.8. The van der Waals surface area contributed by atoms with Crippen molar-refractivity contribution >= 4 is 11.6 Å². The minimum Gasteiger partial charge on any atom is -0.317 e. The molecule has 1 N–H and O–H groups in total. The van der Waals surface area contributed by atoms with Crippen molar-refractivity contribution in [3.63, 3.8) is 0 Å². The van der Waals surface area contributed by atoms with Crippen molar-refractivity contribution in [2.45, 2.75) is 32.2 Å². The van der Waals surface area contributed by atoms with Gasteiger partial charge in [-0.2, -0.15) is 0 Å². The van der Waals surface area contributed by atoms with Crippen LogP contribution in [-0.4, -0.2) is 13.1 Å². The highest BCUT2D eigenvalue weighted by Crippen LogP contribution is 2.51. The molecule has 0 radical (unpaired) electrons. The molecule has 1 unspecified atom stereocenters. The molecule has 2 rings (SSSR count). The first kappa shape index (κ1) is 11.9. The number of hydrogen-bond acceptors (Lipinski definition) is 1. The van der Waals surface area contributed by atoms with E-state index in [0.717, 1.165) is 12.0 Å². The smallest absolute Gasteiger partial charge is 0.123 e. The van der Waals surface area contributed by atoms with Crippen LogP contribution in [0, 0.1) is 11.2 Å². The van der Waals surface area contributed by atoms with E-state index < -0.39 is 0 Å². The quantitative estimate of drug-likeness (QED) is 0.852. The third-order valence-electron chi connectivity index (χ3n) is 3.79. The largest absolute Gasteiger partial charge is 0.317 e. The highest BCUT2D eigenvalue weighted by atomic mass is 35.5. The van der Waals surface area contributed by atoms with Gasteiger partial charge in [-0.1, -0.05) is 11.6 Å². The predicted molar refractivity (Wildman–Crippen MR) is 65.3 cm³/mol. The lowest BCUT2D eigenvalue weighted by Crippen LogP contribution is -2.33. The molecule has 0 saturated heterocycles. The Kier molecular flexibility index (Phi) is 3.22. The molecule has 0 aliphatic heterocycles. The van der Waals surface area contributed by atoms with Crippen molar-refractivity contribution in [3.8, 4) is 0 Å². The molecule has 1 aromatic rings. The van der Waals surface area contributed by atoms with E-state index in [2.05, 4.69) is 12.2 Å². The summed E-state index contributed by atoms with van der Waals surface area (Å²) in [5, 5.41) is 3.96. The Hall–Kier alpha value is -0.600. The first-order chi connectivity index (χ1) is 7.57. The molecule has 0 amide bonds. The number of benzene rings is 1. The highest BCUT2D eigenvalue weighted by molar-refractivity contribution is 6.31. The summed E-state index contributed by atoms with van der Waals surface area (Å²) in [6.07, 6.45) is 3.26. The third-order valence-corrected chi connectivity index (χ3v) is 4.16. The van der Waals surface area contributed by atoms with Crippen molar-refractivity contribution in [1.29, 1.82) is 0 Å². The Morgan fingerprint density at radius 2 is 2.19 bits per heavy atom. The van der Waals surface area contributed by atoms with Crippen LogP contribution in [0.2, 0.25) is 5.02 Å². The molecule has 16 heavy (non-hydrogen) atoms. The summed E-state index contributed by atoms with van der Waals surface area (Å²) in [5.41, 5.74) is 1.22. The van der Waals surface area contributed by atoms with Gasteiger partial charge in [-0.15, -0.1) is 0 Å². The van der Waals surface area contributed by atoms with E-state index in [1.807, 2.05) is 7.05 Å². The maximum atomic E-state index is 13.2. The molecule has 0 aromatic heterocycles. The minimum absolute atomic E-state index is 0.202. The molecular formula is C13H17ClFN. The van der Waals surface area contributed by atoms with Gasteiger partial charge in [0.1, 0.15) is 5.82 Å². The predicted octanol–water partition coefficient (Wildman–Crippen LogP) is 3.41. The zero-order valence-corrected chi connectivity index (χ0v) is 10.4. The summed E-state index contributed by atoms with van der Waals surface area (Å²) in [6, 6.07) is 5.07. The van der Waals surface area contributed by atoms with E-state index in [4.69, 9.17) is 11.6 Å². The fourth-order valence-electron chi connectivity index (χ4n) is 2.29. The Morgan fingerprint density at radius 1 is 1.50 bits per heavy atom. The van der Waals surface area contributed by atoms with Gasteiger partial charge in [0, 0.05) is 11.1 Å². The van der Waals surface area contributed by atoms with E-state index in [9.17, 15) is 4.39 Å². The fourth-order valence-corrected chi connectivity index (χ4v) is 2.47. The average Bonchev–Trinajstić information content (AvgIpc) is 3.03. The van der Waals surface area contributed by atoms with E-state index in [1.165, 1.54) is 18.9 Å². The van der Waals surface area contributed by atoms with Gasteiger partial charge in [-0.3, -0.25) is 0 Å². The van der Waals surface area contributed by atoms with Gasteiger partial charge in [0.2, 0.25) is 0 Å². The van der Waals surface area contributed by atoms with Gasteiger partial charge in [0.25, 0.3) is 0 Å². The van der Waals surface area contributed by atoms with Crippen LogP contribution in [0.4, 0.5) is 4.39 Å². The number of rotatable bonds is 4. The van der Waals surface area contributed by atoms with Gasteiger partial charge in [0.05, 0.1) is 0 Å². The molecule has 88 valence electrons. The average molecular weight is 242 g/mol. The standard InChI is InChI=1S/C13H17ClFN/c1-9(16-2)13(5-6-13)8-10-7-11(15)3-4-12(10)14/h3-4,7,9,16H,5-6,8H2,1-2H3. The summed E-state index contributed by atoms with van der Waals surface area (Å²) >= 11 is 6.09. The molecular weight excluding hydrogens is 225 g/mol. The SMILES string of the molecule is CNC(C)C1(Cc2cc(F)ccc2Cl)CC1. The summed E-state index contributed by atoms with van der Waals surface area (Å²) in [6.45, 7) is 2.18. The minimum atomic E-state index is -0.202. The molecule has 1 saturated carbocycles. The number of nitrogens with one attached hydrogen (secondary N) is 1. The highest BCUT2D eigenvalue weighted by Gasteiger charge is 2.46. The van der Waals surface area contributed by atoms with Crippen molar-refractivity contribution < 1.29 is 4.39 Å². The Labute approximate surface area is 101 Å². The summed E-state index contributed by atoms with van der Waals surface area (Å²) in [4.78, 5) is 0. The molecule has 1 aromatic carbocycles. The lowest BCUT2D eigenvalue weighted by molar-refractivity contribution is 0.369. The normalized spacial score (nSPS) is 19.5. The van der Waals surface area contributed by atoms with Crippen molar-refractivity contribution in [3.05, 3.63) is 34.6 Å². The van der Waals surface area contributed by atoms with Crippen molar-refractivity contribution in [2.24, 2.45) is 5.41 Å². The number of hydrogen-bond donors (Lipinski definition) is 1. The Balaban J connectivity index is 2.18. The Bertz CT molecular complexity index is 388. The molecule has 1 aliphatic carbocycles. The molecule has 1 nitrogen and oxygen atoms in total. The van der Waals surface area contributed by atoms with Crippen LogP contribution in [0.25, 0.3) is 0 Å². The van der Waals surface area contributed by atoms with Crippen molar-refractivity contribution in [2.75, 3.05) is 7.05 Å². The molecule has 0 spiro atoms. The van der Waals surface area contributed by atoms with Gasteiger partial charge in [-0.25, -0.2) is 4.39 Å². The molecule has 1 fully saturated rings. The first-order valence-corrected chi connectivity index (χ1v) is 6.06. The molecule has 0 bridgehead atoms. The van der Waals surface area contributed by atoms with Crippen LogP contribution in [0.15, 0.2) is 18.2 Å². The van der Waals surface area contributed by atoms with Crippen molar-refractivity contribution in [1.82, 2.24) is 5.32 Å². The first-order valence-electron chi connectivity index (χ1n) is 5.68. The summed E-state index contributed by atoms with van der Waals surface area (Å²) in [7, 11) is 1.97. The van der Waals surface area contributed by atoms with E-state index in [0.29, 0.717) is 11.1 Å². The second kappa shape index (κ2) is 4.34. The van der Waals surface area contributed by atoms with Crippen LogP contribution in [0.5, 0.6) is 0 Å². The summed E-state index contributed by atoms with van der Waals surface area (Å²) < 4.78 is 13.2. The zero-order valence-electron chi connectivity index (χ0n) is 9.69. The van der Waals surface area contributed by atoms with Gasteiger partial charge >= 0.3 is 0 Å². The molecule has 3 heteroatoms. The molecule has 1 aliphatic rings. The summed E-state index contributed by atoms with van der Waals surface area (Å²) in [5.74, 6) is -0.202. The molecule has 0 heterocycles. The van der Waals surface area contributed by atoms with Crippen LogP contribution in [0.3, 0.4) is 0 Å². The van der Waals surface area contributed by atoms with Gasteiger partial charge in [-0.05, 0) is 62.4 Å². The number of halogens is 2. The van der Waals surface area contributed by atoms with Gasteiger partial charge < -0.3 is 5.32 Å². The maximum Gasteiger partial charge on any atom is 0.123 e. The van der Waals surface area contributed by atoms with Crippen LogP contribution >= 0.6 is 11.6 Å².